The van der Waals surface area contributed by atoms with Crippen LogP contribution in [0.3, 0.4) is 0 Å². The van der Waals surface area contributed by atoms with Crippen LogP contribution in [-0.4, -0.2) is 0 Å². The van der Waals surface area contributed by atoms with E-state index in [1.807, 2.05) is 0 Å². The van der Waals surface area contributed by atoms with Crippen molar-refractivity contribution in [2.75, 3.05) is 10.6 Å². The lowest BCUT2D eigenvalue weighted by Crippen LogP contribution is -2.28. The average Bonchev–Trinajstić information content (AvgIpc) is 1.52. The van der Waals surface area contributed by atoms with Crippen LogP contribution in [0.1, 0.15) is 66.8 Å². The van der Waals surface area contributed by atoms with E-state index in [1.165, 1.54) is 144 Å². The first-order valence-electron chi connectivity index (χ1n) is 31.8. The van der Waals surface area contributed by atoms with Crippen molar-refractivity contribution in [2.24, 2.45) is 0 Å². The third-order valence-corrected chi connectivity index (χ3v) is 20.8. The Hall–Kier alpha value is -11.6. The van der Waals surface area contributed by atoms with E-state index in [2.05, 4.69) is 350 Å². The van der Waals surface area contributed by atoms with Gasteiger partial charge in [0.1, 0.15) is 0 Å². The van der Waals surface area contributed by atoms with E-state index in [0.717, 1.165) is 22.7 Å². The summed E-state index contributed by atoms with van der Waals surface area (Å²) in [4.78, 5) is 0. The largest absolute Gasteiger partial charge is 0.355 e. The molecule has 2 nitrogen and oxygen atoms in total. The highest BCUT2D eigenvalue weighted by Crippen LogP contribution is 2.67. The predicted molar refractivity (Wildman–Crippen MR) is 377 cm³/mol. The van der Waals surface area contributed by atoms with Gasteiger partial charge in [-0.2, -0.15) is 0 Å². The van der Waals surface area contributed by atoms with Crippen LogP contribution in [0, 0.1) is 0 Å². The highest BCUT2D eigenvalue weighted by molar-refractivity contribution is 6.14. The molecule has 0 saturated carbocycles. The topological polar surface area (TPSA) is 24.1 Å². The van der Waals surface area contributed by atoms with E-state index in [1.54, 1.807) is 0 Å². The zero-order valence-corrected chi connectivity index (χ0v) is 49.8. The molecule has 0 radical (unpaired) electrons. The first kappa shape index (κ1) is 51.5. The summed E-state index contributed by atoms with van der Waals surface area (Å²) in [5.41, 5.74) is 32.4. The molecule has 5 aliphatic rings. The molecule has 0 atom stereocenters. The summed E-state index contributed by atoms with van der Waals surface area (Å²) in [6.07, 6.45) is 0. The molecular formula is C89H58N2. The molecule has 424 valence electrons. The molecule has 2 N–H and O–H groups in total. The Bertz CT molecular complexity index is 5300. The molecule has 0 bridgehead atoms. The van der Waals surface area contributed by atoms with Gasteiger partial charge in [-0.1, -0.05) is 303 Å². The van der Waals surface area contributed by atoms with Crippen LogP contribution >= 0.6 is 0 Å². The number of nitrogens with one attached hydrogen (secondary N) is 2. The van der Waals surface area contributed by atoms with Gasteiger partial charge in [-0.15, -0.1) is 0 Å². The van der Waals surface area contributed by atoms with Crippen LogP contribution in [0.15, 0.2) is 340 Å². The Morgan fingerprint density at radius 1 is 0.187 bits per heavy atom. The maximum absolute atomic E-state index is 4.00. The van der Waals surface area contributed by atoms with E-state index in [-0.39, 0.29) is 10.8 Å². The number of hydrogen-bond acceptors (Lipinski definition) is 2. The minimum atomic E-state index is -0.437. The summed E-state index contributed by atoms with van der Waals surface area (Å²) in [7, 11) is 0. The molecule has 0 saturated heterocycles. The molecule has 0 amide bonds. The predicted octanol–water partition coefficient (Wildman–Crippen LogP) is 22.2. The SMILES string of the molecule is c1ccc(C2(c3ccccc3)c3ccccc3-c3c(Nc4ccc5c(c4)C4(c6ccccc6-c6ccccc64)c4ccccc4-5)cccc32)cc1.c1ccc(Nc2cccc3c2-c2ccccc2C32c3ccc4ccccc4c3-c3c2ccc2ccccc32)cc1. The van der Waals surface area contributed by atoms with Crippen molar-refractivity contribution in [3.63, 3.8) is 0 Å². The van der Waals surface area contributed by atoms with Crippen molar-refractivity contribution < 1.29 is 0 Å². The lowest BCUT2D eigenvalue weighted by molar-refractivity contribution is 0.768. The number of fused-ring (bicyclic) bond motifs is 27. The Morgan fingerprint density at radius 3 is 1.02 bits per heavy atom. The fraction of sp³-hybridized carbons (Fsp3) is 0.0337. The van der Waals surface area contributed by atoms with Crippen LogP contribution in [0.2, 0.25) is 0 Å². The molecule has 2 heteroatoms. The van der Waals surface area contributed by atoms with Crippen molar-refractivity contribution in [1.29, 1.82) is 0 Å². The van der Waals surface area contributed by atoms with E-state index >= 15 is 0 Å². The van der Waals surface area contributed by atoms with Gasteiger partial charge in [-0.05, 0) is 169 Å². The highest BCUT2D eigenvalue weighted by atomic mass is 14.9. The third-order valence-electron chi connectivity index (χ3n) is 20.8. The number of benzene rings is 15. The van der Waals surface area contributed by atoms with Crippen LogP contribution in [0.4, 0.5) is 22.7 Å². The molecule has 0 fully saturated rings. The molecule has 2 spiro atoms. The van der Waals surface area contributed by atoms with Crippen LogP contribution in [-0.2, 0) is 16.2 Å². The number of para-hydroxylation sites is 1. The summed E-state index contributed by atoms with van der Waals surface area (Å²) in [6.45, 7) is 0. The Morgan fingerprint density at radius 2 is 0.527 bits per heavy atom. The van der Waals surface area contributed by atoms with Gasteiger partial charge in [-0.25, -0.2) is 0 Å². The summed E-state index contributed by atoms with van der Waals surface area (Å²) in [5, 5.41) is 13.0. The first-order chi connectivity index (χ1) is 45.2. The molecule has 0 aliphatic heterocycles. The smallest absolute Gasteiger partial charge is 0.0726 e. The number of hydrogen-bond donors (Lipinski definition) is 2. The van der Waals surface area contributed by atoms with Crippen LogP contribution in [0.25, 0.3) is 77.2 Å². The molecule has 5 aliphatic carbocycles. The highest BCUT2D eigenvalue weighted by Gasteiger charge is 2.54. The van der Waals surface area contributed by atoms with Crippen LogP contribution in [0.5, 0.6) is 0 Å². The van der Waals surface area contributed by atoms with Gasteiger partial charge in [-0.3, -0.25) is 0 Å². The van der Waals surface area contributed by atoms with Crippen molar-refractivity contribution in [1.82, 2.24) is 0 Å². The van der Waals surface area contributed by atoms with Crippen molar-refractivity contribution in [3.05, 3.63) is 406 Å². The number of anilines is 4. The standard InChI is InChI=1S/C50H33N.C39H25N/c1-3-16-33(17-4-1)49(34-18-5-2-6-19-34)44-27-14-10-23-40(44)48-45(49)28-15-29-47(48)51-35-30-31-39-38-22-9-13-26-43(38)50(46(39)32-35)41-24-11-7-20-36(41)37-21-8-12-25-42(37)50;1-2-13-27(14-3-1)40-35-20-10-19-32-36(35)30-17-8-9-18-31(30)39(32)33-23-21-25-11-4-6-15-28(25)37(33)38-29-16-7-5-12-26(29)22-24-34(38)39/h1-32,51H;1-24,40H. The van der Waals surface area contributed by atoms with E-state index in [9.17, 15) is 0 Å². The van der Waals surface area contributed by atoms with Crippen molar-refractivity contribution in [3.8, 4) is 55.6 Å². The third kappa shape index (κ3) is 6.97. The minimum absolute atomic E-state index is 0.377. The van der Waals surface area contributed by atoms with Gasteiger partial charge in [0.05, 0.1) is 16.2 Å². The lowest BCUT2D eigenvalue weighted by Gasteiger charge is -2.34. The lowest BCUT2D eigenvalue weighted by atomic mass is 9.68. The van der Waals surface area contributed by atoms with Gasteiger partial charge in [0, 0.05) is 33.9 Å². The molecule has 0 unspecified atom stereocenters. The second-order valence-corrected chi connectivity index (χ2v) is 25.0. The first-order valence-corrected chi connectivity index (χ1v) is 31.8. The zero-order chi connectivity index (χ0) is 59.8. The fourth-order valence-electron chi connectivity index (χ4n) is 17.5. The van der Waals surface area contributed by atoms with Gasteiger partial charge in [0.15, 0.2) is 0 Å². The van der Waals surface area contributed by atoms with Gasteiger partial charge < -0.3 is 10.6 Å². The van der Waals surface area contributed by atoms with Gasteiger partial charge in [0.25, 0.3) is 0 Å². The van der Waals surface area contributed by atoms with E-state index in [4.69, 9.17) is 0 Å². The number of rotatable bonds is 6. The van der Waals surface area contributed by atoms with E-state index in [0.29, 0.717) is 0 Å². The second kappa shape index (κ2) is 19.7. The quantitative estimate of drug-likeness (QED) is 0.173. The fourth-order valence-corrected chi connectivity index (χ4v) is 17.5. The summed E-state index contributed by atoms with van der Waals surface area (Å²) in [6, 6.07) is 125. The molecule has 0 heterocycles. The monoisotopic (exact) mass is 1150 g/mol. The van der Waals surface area contributed by atoms with Gasteiger partial charge >= 0.3 is 0 Å². The molecule has 91 heavy (non-hydrogen) atoms. The normalized spacial score (nSPS) is 14.2. The van der Waals surface area contributed by atoms with Crippen molar-refractivity contribution >= 4 is 44.3 Å². The molecule has 15 aromatic rings. The molecule has 0 aromatic heterocycles. The minimum Gasteiger partial charge on any atom is -0.355 e. The molecule has 15 aromatic carbocycles. The zero-order valence-electron chi connectivity index (χ0n) is 49.8. The second-order valence-electron chi connectivity index (χ2n) is 25.0. The Kier molecular flexibility index (Phi) is 11.1. The summed E-state index contributed by atoms with van der Waals surface area (Å²) in [5.74, 6) is 0. The van der Waals surface area contributed by atoms with E-state index < -0.39 is 5.41 Å². The Labute approximate surface area is 530 Å². The molecule has 20 rings (SSSR count). The summed E-state index contributed by atoms with van der Waals surface area (Å²) < 4.78 is 0. The maximum Gasteiger partial charge on any atom is 0.0726 e. The molecular weight excluding hydrogens is 1100 g/mol. The average molecular weight is 1160 g/mol. The van der Waals surface area contributed by atoms with Crippen molar-refractivity contribution in [2.45, 2.75) is 16.2 Å². The maximum atomic E-state index is 4.00. The Balaban J connectivity index is 0.000000134. The summed E-state index contributed by atoms with van der Waals surface area (Å²) >= 11 is 0. The van der Waals surface area contributed by atoms with Crippen LogP contribution < -0.4 is 10.6 Å². The van der Waals surface area contributed by atoms with Gasteiger partial charge in [0.2, 0.25) is 0 Å².